The first-order valence-corrected chi connectivity index (χ1v) is 8.91. The van der Waals surface area contributed by atoms with Crippen LogP contribution in [0.2, 0.25) is 0 Å². The van der Waals surface area contributed by atoms with Gasteiger partial charge in [-0.3, -0.25) is 0 Å². The van der Waals surface area contributed by atoms with Gasteiger partial charge in [0.25, 0.3) is 0 Å². The average molecular weight is 328 g/mol. The van der Waals surface area contributed by atoms with Crippen LogP contribution in [0.1, 0.15) is 44.9 Å². The maximum Gasteiger partial charge on any atom is 0.130 e. The second-order valence-electron chi connectivity index (χ2n) is 7.40. The molecule has 3 aromatic rings. The van der Waals surface area contributed by atoms with Gasteiger partial charge in [-0.2, -0.15) is 0 Å². The summed E-state index contributed by atoms with van der Waals surface area (Å²) in [5.41, 5.74) is 12.1. The van der Waals surface area contributed by atoms with E-state index in [1.165, 1.54) is 50.1 Å². The number of hydrogen-bond acceptors (Lipinski definition) is 1. The van der Waals surface area contributed by atoms with E-state index in [0.717, 1.165) is 17.9 Å². The molecule has 1 aromatic heterocycles. The van der Waals surface area contributed by atoms with Gasteiger partial charge >= 0.3 is 0 Å². The molecule has 4 rings (SSSR count). The lowest BCUT2D eigenvalue weighted by molar-refractivity contribution is 0.521. The molecule has 0 amide bonds. The van der Waals surface area contributed by atoms with E-state index in [4.69, 9.17) is 4.42 Å². The maximum absolute atomic E-state index is 5.87. The lowest BCUT2D eigenvalue weighted by Crippen LogP contribution is -1.96. The Bertz CT molecular complexity index is 995. The van der Waals surface area contributed by atoms with Gasteiger partial charge < -0.3 is 4.42 Å². The molecule has 2 aromatic carbocycles. The first-order chi connectivity index (χ1) is 11.9. The molecule has 0 atom stereocenters. The van der Waals surface area contributed by atoms with Crippen LogP contribution in [0, 0.1) is 34.6 Å². The standard InChI is InChI=1S/C24H24O/c1-14-8-15(2)10-21(9-14)24-18(5)16(3)11-19-12-20(13-22(19)24)23-7-6-17(4)25-23/h6-11,13H,12H2,1-5H3. The molecule has 0 radical (unpaired) electrons. The summed E-state index contributed by atoms with van der Waals surface area (Å²) in [4.78, 5) is 0. The van der Waals surface area contributed by atoms with Crippen molar-refractivity contribution in [3.05, 3.63) is 81.3 Å². The third-order valence-corrected chi connectivity index (χ3v) is 5.24. The summed E-state index contributed by atoms with van der Waals surface area (Å²) < 4.78 is 5.87. The van der Waals surface area contributed by atoms with E-state index in [-0.39, 0.29) is 0 Å². The zero-order valence-corrected chi connectivity index (χ0v) is 15.7. The number of allylic oxidation sites excluding steroid dienone is 1. The monoisotopic (exact) mass is 328 g/mol. The molecule has 1 heteroatoms. The van der Waals surface area contributed by atoms with Crippen molar-refractivity contribution in [1.29, 1.82) is 0 Å². The quantitative estimate of drug-likeness (QED) is 0.517. The smallest absolute Gasteiger partial charge is 0.130 e. The normalized spacial score (nSPS) is 13.1. The summed E-state index contributed by atoms with van der Waals surface area (Å²) in [7, 11) is 0. The summed E-state index contributed by atoms with van der Waals surface area (Å²) in [5, 5.41) is 0. The highest BCUT2D eigenvalue weighted by Crippen LogP contribution is 2.41. The van der Waals surface area contributed by atoms with E-state index >= 15 is 0 Å². The summed E-state index contributed by atoms with van der Waals surface area (Å²) >= 11 is 0. The fraction of sp³-hybridized carbons (Fsp3) is 0.250. The molecule has 1 nitrogen and oxygen atoms in total. The molecule has 0 fully saturated rings. The molecule has 0 saturated carbocycles. The van der Waals surface area contributed by atoms with Crippen molar-refractivity contribution in [3.63, 3.8) is 0 Å². The van der Waals surface area contributed by atoms with Crippen molar-refractivity contribution in [2.75, 3.05) is 0 Å². The highest BCUT2D eigenvalue weighted by Gasteiger charge is 2.22. The van der Waals surface area contributed by atoms with Gasteiger partial charge in [-0.25, -0.2) is 0 Å². The zero-order valence-electron chi connectivity index (χ0n) is 15.7. The highest BCUT2D eigenvalue weighted by atomic mass is 16.3. The Labute approximate surface area is 150 Å². The zero-order chi connectivity index (χ0) is 17.7. The van der Waals surface area contributed by atoms with Gasteiger partial charge in [-0.05, 0) is 91.8 Å². The second kappa shape index (κ2) is 5.77. The van der Waals surface area contributed by atoms with Gasteiger partial charge in [0, 0.05) is 6.42 Å². The Morgan fingerprint density at radius 1 is 0.840 bits per heavy atom. The van der Waals surface area contributed by atoms with Crippen LogP contribution >= 0.6 is 0 Å². The number of benzene rings is 2. The van der Waals surface area contributed by atoms with Crippen molar-refractivity contribution in [3.8, 4) is 11.1 Å². The molecular weight excluding hydrogens is 304 g/mol. The Hall–Kier alpha value is -2.54. The number of hydrogen-bond donors (Lipinski definition) is 0. The van der Waals surface area contributed by atoms with Crippen LogP contribution in [0.5, 0.6) is 0 Å². The van der Waals surface area contributed by atoms with E-state index in [9.17, 15) is 0 Å². The first-order valence-electron chi connectivity index (χ1n) is 8.91. The second-order valence-corrected chi connectivity index (χ2v) is 7.40. The highest BCUT2D eigenvalue weighted by molar-refractivity contribution is 5.94. The van der Waals surface area contributed by atoms with Crippen LogP contribution in [0.25, 0.3) is 22.8 Å². The largest absolute Gasteiger partial charge is 0.462 e. The predicted molar refractivity (Wildman–Crippen MR) is 106 cm³/mol. The number of furan rings is 1. The van der Waals surface area contributed by atoms with Crippen LogP contribution in [-0.2, 0) is 6.42 Å². The van der Waals surface area contributed by atoms with Gasteiger partial charge in [0.2, 0.25) is 0 Å². The van der Waals surface area contributed by atoms with Crippen LogP contribution in [0.15, 0.2) is 40.8 Å². The van der Waals surface area contributed by atoms with E-state index in [0.29, 0.717) is 0 Å². The Balaban J connectivity index is 1.93. The molecule has 0 unspecified atom stereocenters. The molecule has 1 heterocycles. The van der Waals surface area contributed by atoms with Gasteiger partial charge in [-0.15, -0.1) is 0 Å². The average Bonchev–Trinajstić information content (AvgIpc) is 3.13. The third-order valence-electron chi connectivity index (χ3n) is 5.24. The summed E-state index contributed by atoms with van der Waals surface area (Å²) in [5.74, 6) is 1.96. The molecule has 0 saturated heterocycles. The van der Waals surface area contributed by atoms with Crippen LogP contribution in [-0.4, -0.2) is 0 Å². The lowest BCUT2D eigenvalue weighted by atomic mass is 9.88. The molecule has 1 aliphatic rings. The van der Waals surface area contributed by atoms with Crippen molar-refractivity contribution in [2.45, 2.75) is 41.0 Å². The van der Waals surface area contributed by atoms with Crippen molar-refractivity contribution < 1.29 is 4.42 Å². The van der Waals surface area contributed by atoms with E-state index in [2.05, 4.69) is 64.1 Å². The summed E-state index contributed by atoms with van der Waals surface area (Å²) in [6.45, 7) is 10.8. The molecule has 25 heavy (non-hydrogen) atoms. The topological polar surface area (TPSA) is 13.1 Å². The molecular formula is C24H24O. The molecule has 0 N–H and O–H groups in total. The van der Waals surface area contributed by atoms with Crippen molar-refractivity contribution in [1.82, 2.24) is 0 Å². The van der Waals surface area contributed by atoms with E-state index in [1.54, 1.807) is 0 Å². The maximum atomic E-state index is 5.87. The number of fused-ring (bicyclic) bond motifs is 1. The molecule has 0 aliphatic heterocycles. The minimum atomic E-state index is 0.946. The van der Waals surface area contributed by atoms with Crippen LogP contribution < -0.4 is 0 Å². The minimum absolute atomic E-state index is 0.946. The Morgan fingerprint density at radius 2 is 1.56 bits per heavy atom. The molecule has 0 spiro atoms. The lowest BCUT2D eigenvalue weighted by Gasteiger charge is -2.16. The third kappa shape index (κ3) is 2.74. The SMILES string of the molecule is Cc1cc(C)cc(-c2c(C)c(C)cc3c2C=C(c2ccc(C)o2)C3)c1. The Morgan fingerprint density at radius 3 is 2.20 bits per heavy atom. The summed E-state index contributed by atoms with van der Waals surface area (Å²) in [6.07, 6.45) is 3.27. The van der Waals surface area contributed by atoms with Gasteiger partial charge in [0.15, 0.2) is 0 Å². The summed E-state index contributed by atoms with van der Waals surface area (Å²) in [6, 6.07) is 13.3. The van der Waals surface area contributed by atoms with Crippen LogP contribution in [0.4, 0.5) is 0 Å². The number of rotatable bonds is 2. The van der Waals surface area contributed by atoms with Gasteiger partial charge in [0.1, 0.15) is 11.5 Å². The predicted octanol–water partition coefficient (Wildman–Crippen LogP) is 6.59. The fourth-order valence-electron chi connectivity index (χ4n) is 4.01. The first kappa shape index (κ1) is 16.0. The van der Waals surface area contributed by atoms with Gasteiger partial charge in [0.05, 0.1) is 0 Å². The van der Waals surface area contributed by atoms with E-state index < -0.39 is 0 Å². The molecule has 1 aliphatic carbocycles. The van der Waals surface area contributed by atoms with Crippen molar-refractivity contribution in [2.24, 2.45) is 0 Å². The van der Waals surface area contributed by atoms with Crippen LogP contribution in [0.3, 0.4) is 0 Å². The molecule has 0 bridgehead atoms. The minimum Gasteiger partial charge on any atom is -0.462 e. The number of aryl methyl sites for hydroxylation is 4. The molecule has 126 valence electrons. The fourth-order valence-corrected chi connectivity index (χ4v) is 4.01. The van der Waals surface area contributed by atoms with Crippen molar-refractivity contribution >= 4 is 11.6 Å². The van der Waals surface area contributed by atoms with Gasteiger partial charge in [-0.1, -0.05) is 35.4 Å². The Kier molecular flexibility index (Phi) is 3.68. The van der Waals surface area contributed by atoms with E-state index in [1.807, 2.05) is 13.0 Å².